The van der Waals surface area contributed by atoms with Crippen LogP contribution in [0.25, 0.3) is 0 Å². The normalized spacial score (nSPS) is 26.2. The summed E-state index contributed by atoms with van der Waals surface area (Å²) < 4.78 is 25.9. The average molecular weight is 554 g/mol. The van der Waals surface area contributed by atoms with Gasteiger partial charge < -0.3 is 24.2 Å². The molecule has 1 aromatic carbocycles. The van der Waals surface area contributed by atoms with Gasteiger partial charge in [0.15, 0.2) is 12.3 Å². The lowest BCUT2D eigenvalue weighted by molar-refractivity contribution is -0.127. The molecule has 1 unspecified atom stereocenters. The number of fused-ring (bicyclic) bond motifs is 1. The van der Waals surface area contributed by atoms with E-state index in [4.69, 9.17) is 19.5 Å². The maximum absolute atomic E-state index is 13.8. The molecule has 10 nitrogen and oxygen atoms in total. The third-order valence-electron chi connectivity index (χ3n) is 8.34. The molecule has 5 rings (SSSR count). The zero-order chi connectivity index (χ0) is 28.4. The molecule has 3 atom stereocenters. The second-order valence-corrected chi connectivity index (χ2v) is 10.9. The Hall–Kier alpha value is -3.31. The Bertz CT molecular complexity index is 1200. The number of rotatable bonds is 7. The lowest BCUT2D eigenvalue weighted by atomic mass is 9.91. The van der Waals surface area contributed by atoms with Crippen LogP contribution in [0.4, 0.5) is 10.1 Å². The molecule has 0 bridgehead atoms. The van der Waals surface area contributed by atoms with Crippen LogP contribution in [0.5, 0.6) is 5.75 Å². The zero-order valence-electron chi connectivity index (χ0n) is 23.5. The molecular formula is C29H38FN6O4. The number of amidine groups is 1. The highest BCUT2D eigenvalue weighted by atomic mass is 19.1. The summed E-state index contributed by atoms with van der Waals surface area (Å²) in [5, 5.41) is 0. The van der Waals surface area contributed by atoms with E-state index < -0.39 is 11.9 Å². The van der Waals surface area contributed by atoms with Gasteiger partial charge >= 0.3 is 6.02 Å². The number of hydrogen-bond acceptors (Lipinski definition) is 8. The first-order chi connectivity index (χ1) is 19.2. The zero-order valence-corrected chi connectivity index (χ0v) is 23.5. The van der Waals surface area contributed by atoms with Crippen molar-refractivity contribution >= 4 is 29.2 Å². The van der Waals surface area contributed by atoms with Crippen LogP contribution >= 0.6 is 0 Å². The van der Waals surface area contributed by atoms with Crippen LogP contribution in [-0.2, 0) is 14.3 Å². The SMILES string of the molecule is C=CC(=O)N1CCN([C]2N=C(OC[C@@H]3CCCN3C)N=C(C)C2CC[C@H]2Oc3ccc(F)cc3N(C)C2=O)CC1. The Balaban J connectivity index is 1.30. The fourth-order valence-electron chi connectivity index (χ4n) is 5.85. The third-order valence-corrected chi connectivity index (χ3v) is 8.34. The molecule has 11 heteroatoms. The molecule has 2 amide bonds. The minimum Gasteiger partial charge on any atom is -0.478 e. The van der Waals surface area contributed by atoms with E-state index in [1.807, 2.05) is 6.92 Å². The third kappa shape index (κ3) is 5.90. The lowest BCUT2D eigenvalue weighted by Gasteiger charge is -2.41. The predicted octanol–water partition coefficient (Wildman–Crippen LogP) is 2.71. The van der Waals surface area contributed by atoms with Crippen LogP contribution < -0.4 is 9.64 Å². The van der Waals surface area contributed by atoms with Gasteiger partial charge in [0.1, 0.15) is 18.2 Å². The molecule has 40 heavy (non-hydrogen) atoms. The van der Waals surface area contributed by atoms with Gasteiger partial charge in [0, 0.05) is 57.0 Å². The van der Waals surface area contributed by atoms with Crippen molar-refractivity contribution in [2.24, 2.45) is 15.9 Å². The van der Waals surface area contributed by atoms with Crippen LogP contribution in [0.1, 0.15) is 32.6 Å². The fraction of sp³-hybridized carbons (Fsp3) is 0.552. The Morgan fingerprint density at radius 3 is 2.65 bits per heavy atom. The van der Waals surface area contributed by atoms with Crippen molar-refractivity contribution in [3.8, 4) is 5.75 Å². The molecule has 1 aromatic rings. The lowest BCUT2D eigenvalue weighted by Crippen LogP contribution is -2.51. The van der Waals surface area contributed by atoms with Crippen LogP contribution in [-0.4, -0.2) is 104 Å². The average Bonchev–Trinajstić information content (AvgIpc) is 3.37. The predicted molar refractivity (Wildman–Crippen MR) is 151 cm³/mol. The van der Waals surface area contributed by atoms with Crippen LogP contribution in [0.3, 0.4) is 0 Å². The van der Waals surface area contributed by atoms with Crippen LogP contribution in [0, 0.1) is 17.9 Å². The quantitative estimate of drug-likeness (QED) is 0.483. The second kappa shape index (κ2) is 12.1. The van der Waals surface area contributed by atoms with Crippen LogP contribution in [0.15, 0.2) is 40.8 Å². The van der Waals surface area contributed by atoms with Crippen molar-refractivity contribution in [3.63, 3.8) is 0 Å². The molecule has 2 fully saturated rings. The van der Waals surface area contributed by atoms with Gasteiger partial charge in [0.2, 0.25) is 5.91 Å². The number of likely N-dealkylation sites (tertiary alicyclic amines) is 1. The minimum atomic E-state index is -0.696. The number of benzene rings is 1. The summed E-state index contributed by atoms with van der Waals surface area (Å²) >= 11 is 0. The Morgan fingerprint density at radius 2 is 1.95 bits per heavy atom. The summed E-state index contributed by atoms with van der Waals surface area (Å²) in [5.74, 6) is -0.359. The van der Waals surface area contributed by atoms with E-state index in [-0.39, 0.29) is 17.7 Å². The molecule has 0 spiro atoms. The molecule has 4 aliphatic rings. The summed E-state index contributed by atoms with van der Waals surface area (Å²) in [6.07, 6.45) is 4.75. The van der Waals surface area contributed by atoms with E-state index in [2.05, 4.69) is 23.4 Å². The highest BCUT2D eigenvalue weighted by Crippen LogP contribution is 2.37. The molecule has 0 saturated carbocycles. The fourth-order valence-corrected chi connectivity index (χ4v) is 5.85. The van der Waals surface area contributed by atoms with Crippen molar-refractivity contribution in [1.29, 1.82) is 0 Å². The number of likely N-dealkylation sites (N-methyl/N-ethyl adjacent to an activating group) is 2. The van der Waals surface area contributed by atoms with Crippen molar-refractivity contribution in [3.05, 3.63) is 42.8 Å². The van der Waals surface area contributed by atoms with E-state index in [0.717, 1.165) is 31.3 Å². The van der Waals surface area contributed by atoms with E-state index in [0.29, 0.717) is 69.1 Å². The van der Waals surface area contributed by atoms with Crippen molar-refractivity contribution < 1.29 is 23.5 Å². The summed E-state index contributed by atoms with van der Waals surface area (Å²) in [6.45, 7) is 9.55. The monoisotopic (exact) mass is 553 g/mol. The summed E-state index contributed by atoms with van der Waals surface area (Å²) in [4.78, 5) is 42.6. The van der Waals surface area contributed by atoms with E-state index in [1.165, 1.54) is 23.1 Å². The molecule has 2 saturated heterocycles. The van der Waals surface area contributed by atoms with Gasteiger partial charge in [-0.15, -0.1) is 0 Å². The molecule has 0 aromatic heterocycles. The van der Waals surface area contributed by atoms with Gasteiger partial charge in [-0.3, -0.25) is 14.5 Å². The number of hydrogen-bond donors (Lipinski definition) is 0. The number of amides is 2. The number of aliphatic imine (C=N–C) groups is 2. The van der Waals surface area contributed by atoms with Gasteiger partial charge in [-0.05, 0) is 64.4 Å². The molecule has 0 aliphatic carbocycles. The number of carbonyl (C=O) groups is 2. The van der Waals surface area contributed by atoms with Gasteiger partial charge in [-0.25, -0.2) is 14.4 Å². The maximum Gasteiger partial charge on any atom is 0.313 e. The Morgan fingerprint density at radius 1 is 1.18 bits per heavy atom. The molecule has 1 radical (unpaired) electrons. The topological polar surface area (TPSA) is 90.3 Å². The maximum atomic E-state index is 13.8. The first-order valence-electron chi connectivity index (χ1n) is 14.0. The van der Waals surface area contributed by atoms with Gasteiger partial charge in [0.05, 0.1) is 5.69 Å². The Kier molecular flexibility index (Phi) is 8.51. The number of ether oxygens (including phenoxy) is 2. The largest absolute Gasteiger partial charge is 0.478 e. The second-order valence-electron chi connectivity index (χ2n) is 10.9. The van der Waals surface area contributed by atoms with E-state index >= 15 is 0 Å². The molecule has 0 N–H and O–H groups in total. The van der Waals surface area contributed by atoms with Crippen LogP contribution in [0.2, 0.25) is 0 Å². The van der Waals surface area contributed by atoms with E-state index in [1.54, 1.807) is 18.0 Å². The smallest absolute Gasteiger partial charge is 0.313 e. The standard InChI is InChI=1S/C29H38FN6O4/c1-5-26(37)35-13-15-36(16-14-35)27-22(19(2)31-29(32-27)39-18-21-7-6-12-33(21)3)9-11-25-28(38)34(4)23-17-20(30)8-10-24(23)40-25/h5,8,10,17,21-22,25H,1,6-7,9,11-16,18H2,2-4H3/t21-,22?,25+/m0/s1. The molecule has 215 valence electrons. The number of carbonyl (C=O) groups excluding carboxylic acids is 2. The van der Waals surface area contributed by atoms with Crippen molar-refractivity contribution in [2.45, 2.75) is 44.8 Å². The number of piperazine rings is 1. The first-order valence-corrected chi connectivity index (χ1v) is 14.0. The minimum absolute atomic E-state index is 0.0759. The summed E-state index contributed by atoms with van der Waals surface area (Å²) in [5.41, 5.74) is 1.29. The first kappa shape index (κ1) is 28.2. The number of anilines is 1. The summed E-state index contributed by atoms with van der Waals surface area (Å²) in [6, 6.07) is 4.90. The highest BCUT2D eigenvalue weighted by molar-refractivity contribution is 6.00. The molecule has 4 heterocycles. The highest BCUT2D eigenvalue weighted by Gasteiger charge is 2.39. The molecule has 4 aliphatic heterocycles. The van der Waals surface area contributed by atoms with Gasteiger partial charge in [0.25, 0.3) is 5.91 Å². The summed E-state index contributed by atoms with van der Waals surface area (Å²) in [7, 11) is 3.75. The van der Waals surface area contributed by atoms with Crippen molar-refractivity contribution in [2.75, 3.05) is 58.3 Å². The Labute approximate surface area is 235 Å². The van der Waals surface area contributed by atoms with Crippen molar-refractivity contribution in [1.82, 2.24) is 14.7 Å². The van der Waals surface area contributed by atoms with E-state index in [9.17, 15) is 14.0 Å². The number of nitrogens with zero attached hydrogens (tertiary/aromatic N) is 6. The molecular weight excluding hydrogens is 515 g/mol. The van der Waals surface area contributed by atoms with Gasteiger partial charge in [-0.1, -0.05) is 6.58 Å². The van der Waals surface area contributed by atoms with Gasteiger partial charge in [-0.2, -0.15) is 0 Å². The number of halogens is 1.